The van der Waals surface area contributed by atoms with Gasteiger partial charge in [0.25, 0.3) is 0 Å². The van der Waals surface area contributed by atoms with Crippen molar-refractivity contribution in [3.63, 3.8) is 0 Å². The van der Waals surface area contributed by atoms with Crippen molar-refractivity contribution in [2.45, 2.75) is 13.3 Å². The molecule has 4 amide bonds. The van der Waals surface area contributed by atoms with Crippen LogP contribution in [0.4, 0.5) is 21.9 Å². The van der Waals surface area contributed by atoms with E-state index in [1.54, 1.807) is 55.6 Å². The predicted octanol–water partition coefficient (Wildman–Crippen LogP) is 2.62. The average Bonchev–Trinajstić information content (AvgIpc) is 2.81. The number of ether oxygens (including phenoxy) is 2. The van der Waals surface area contributed by atoms with Crippen LogP contribution in [0.5, 0.6) is 5.75 Å². The smallest absolute Gasteiger partial charge is 0.326 e. The molecule has 0 bridgehead atoms. The van der Waals surface area contributed by atoms with Crippen LogP contribution in [-0.4, -0.2) is 57.8 Å². The number of carbonyl (C=O) groups is 3. The van der Waals surface area contributed by atoms with Crippen LogP contribution in [0.15, 0.2) is 48.5 Å². The summed E-state index contributed by atoms with van der Waals surface area (Å²) < 4.78 is 10.4. The molecule has 0 spiro atoms. The Balaban J connectivity index is 1.68. The largest absolute Gasteiger partial charge is 0.497 e. The van der Waals surface area contributed by atoms with E-state index >= 15 is 0 Å². The van der Waals surface area contributed by atoms with E-state index in [2.05, 4.69) is 10.6 Å². The number of hydrogen-bond acceptors (Lipinski definition) is 5. The van der Waals surface area contributed by atoms with E-state index < -0.39 is 6.03 Å². The topological polar surface area (TPSA) is 100 Å². The molecule has 1 aliphatic rings. The number of para-hydroxylation sites is 2. The Morgan fingerprint density at radius 1 is 1.06 bits per heavy atom. The summed E-state index contributed by atoms with van der Waals surface area (Å²) >= 11 is 0. The summed E-state index contributed by atoms with van der Waals surface area (Å²) in [6.07, 6.45) is 0.698. The van der Waals surface area contributed by atoms with Gasteiger partial charge in [0.2, 0.25) is 11.8 Å². The Bertz CT molecular complexity index is 948. The Labute approximate surface area is 187 Å². The van der Waals surface area contributed by atoms with Gasteiger partial charge in [-0.2, -0.15) is 0 Å². The number of methoxy groups -OCH3 is 1. The van der Waals surface area contributed by atoms with Crippen molar-refractivity contribution in [2.24, 2.45) is 0 Å². The molecular weight excluding hydrogens is 412 g/mol. The minimum Gasteiger partial charge on any atom is -0.497 e. The summed E-state index contributed by atoms with van der Waals surface area (Å²) in [4.78, 5) is 40.9. The molecule has 2 N–H and O–H groups in total. The SMILES string of the molecule is CCOCCCNC(=O)CN1C(=O)CN(C(=O)Nc2ccc(OC)cc2)c2ccccc21. The van der Waals surface area contributed by atoms with E-state index in [1.165, 1.54) is 9.80 Å². The zero-order valence-electron chi connectivity index (χ0n) is 18.3. The van der Waals surface area contributed by atoms with Gasteiger partial charge in [-0.3, -0.25) is 19.4 Å². The van der Waals surface area contributed by atoms with Crippen LogP contribution in [0, 0.1) is 0 Å². The third-order valence-electron chi connectivity index (χ3n) is 4.94. The fraction of sp³-hybridized carbons (Fsp3) is 0.348. The molecule has 0 atom stereocenters. The Morgan fingerprint density at radius 2 is 1.78 bits per heavy atom. The second-order valence-electron chi connectivity index (χ2n) is 7.11. The van der Waals surface area contributed by atoms with Crippen molar-refractivity contribution >= 4 is 34.9 Å². The number of fused-ring (bicyclic) bond motifs is 1. The minimum absolute atomic E-state index is 0.113. The molecule has 0 aromatic heterocycles. The van der Waals surface area contributed by atoms with Crippen LogP contribution in [0.2, 0.25) is 0 Å². The first kappa shape index (κ1) is 23.1. The second kappa shape index (κ2) is 11.1. The number of anilines is 3. The van der Waals surface area contributed by atoms with Crippen molar-refractivity contribution < 1.29 is 23.9 Å². The van der Waals surface area contributed by atoms with Crippen LogP contribution >= 0.6 is 0 Å². The number of hydrogen-bond donors (Lipinski definition) is 2. The third-order valence-corrected chi connectivity index (χ3v) is 4.94. The highest BCUT2D eigenvalue weighted by Crippen LogP contribution is 2.33. The van der Waals surface area contributed by atoms with Crippen LogP contribution < -0.4 is 25.2 Å². The lowest BCUT2D eigenvalue weighted by atomic mass is 10.1. The summed E-state index contributed by atoms with van der Waals surface area (Å²) in [6.45, 7) is 3.31. The van der Waals surface area contributed by atoms with Gasteiger partial charge in [0.1, 0.15) is 18.8 Å². The second-order valence-corrected chi connectivity index (χ2v) is 7.11. The van der Waals surface area contributed by atoms with E-state index in [-0.39, 0.29) is 24.9 Å². The summed E-state index contributed by atoms with van der Waals surface area (Å²) in [6, 6.07) is 13.5. The molecule has 0 saturated carbocycles. The van der Waals surface area contributed by atoms with E-state index in [4.69, 9.17) is 9.47 Å². The van der Waals surface area contributed by atoms with E-state index in [1.807, 2.05) is 6.92 Å². The standard InChI is InChI=1S/C23H28N4O5/c1-3-32-14-6-13-24-21(28)15-26-19-7-4-5-8-20(19)27(16-22(26)29)23(30)25-17-9-11-18(31-2)12-10-17/h4-5,7-12H,3,6,13-16H2,1-2H3,(H,24,28)(H,25,30). The zero-order valence-corrected chi connectivity index (χ0v) is 18.3. The van der Waals surface area contributed by atoms with Gasteiger partial charge in [-0.15, -0.1) is 0 Å². The first-order valence-electron chi connectivity index (χ1n) is 10.5. The number of nitrogens with one attached hydrogen (secondary N) is 2. The molecule has 1 heterocycles. The minimum atomic E-state index is -0.434. The molecule has 0 saturated heterocycles. The van der Waals surface area contributed by atoms with Gasteiger partial charge >= 0.3 is 6.03 Å². The fourth-order valence-corrected chi connectivity index (χ4v) is 3.33. The number of amides is 4. The highest BCUT2D eigenvalue weighted by atomic mass is 16.5. The molecule has 2 aromatic rings. The van der Waals surface area contributed by atoms with Gasteiger partial charge in [0.15, 0.2) is 0 Å². The molecule has 0 unspecified atom stereocenters. The highest BCUT2D eigenvalue weighted by Gasteiger charge is 2.33. The van der Waals surface area contributed by atoms with Gasteiger partial charge in [0.05, 0.1) is 18.5 Å². The maximum absolute atomic E-state index is 12.9. The maximum atomic E-state index is 12.9. The van der Waals surface area contributed by atoms with Crippen molar-refractivity contribution in [3.8, 4) is 5.75 Å². The summed E-state index contributed by atoms with van der Waals surface area (Å²) in [5, 5.41) is 5.59. The van der Waals surface area contributed by atoms with E-state index in [9.17, 15) is 14.4 Å². The average molecular weight is 441 g/mol. The number of benzene rings is 2. The summed E-state index contributed by atoms with van der Waals surface area (Å²) in [7, 11) is 1.57. The highest BCUT2D eigenvalue weighted by molar-refractivity contribution is 6.15. The first-order valence-corrected chi connectivity index (χ1v) is 10.5. The molecule has 0 radical (unpaired) electrons. The molecule has 9 heteroatoms. The molecular formula is C23H28N4O5. The molecule has 3 rings (SSSR count). The van der Waals surface area contributed by atoms with Crippen LogP contribution in [0.25, 0.3) is 0 Å². The molecule has 9 nitrogen and oxygen atoms in total. The molecule has 2 aromatic carbocycles. The van der Waals surface area contributed by atoms with E-state index in [0.29, 0.717) is 49.0 Å². The molecule has 0 fully saturated rings. The number of rotatable bonds is 9. The van der Waals surface area contributed by atoms with Crippen molar-refractivity contribution in [1.82, 2.24) is 5.32 Å². The number of nitrogens with zero attached hydrogens (tertiary/aromatic N) is 2. The van der Waals surface area contributed by atoms with Gasteiger partial charge < -0.3 is 20.1 Å². The monoisotopic (exact) mass is 440 g/mol. The lowest BCUT2D eigenvalue weighted by Gasteiger charge is -2.35. The summed E-state index contributed by atoms with van der Waals surface area (Å²) in [5.74, 6) is 0.0761. The number of carbonyl (C=O) groups excluding carboxylic acids is 3. The fourth-order valence-electron chi connectivity index (χ4n) is 3.33. The molecule has 170 valence electrons. The molecule has 32 heavy (non-hydrogen) atoms. The maximum Gasteiger partial charge on any atom is 0.326 e. The van der Waals surface area contributed by atoms with Gasteiger partial charge in [-0.1, -0.05) is 12.1 Å². The zero-order chi connectivity index (χ0) is 22.9. The van der Waals surface area contributed by atoms with Crippen molar-refractivity contribution in [1.29, 1.82) is 0 Å². The van der Waals surface area contributed by atoms with Gasteiger partial charge in [-0.05, 0) is 49.7 Å². The Hall–Kier alpha value is -3.59. The molecule has 0 aliphatic carbocycles. The Kier molecular flexibility index (Phi) is 8.04. The predicted molar refractivity (Wildman–Crippen MR) is 122 cm³/mol. The Morgan fingerprint density at radius 3 is 2.47 bits per heavy atom. The summed E-state index contributed by atoms with van der Waals surface area (Å²) in [5.41, 5.74) is 1.65. The van der Waals surface area contributed by atoms with Gasteiger partial charge in [0, 0.05) is 25.4 Å². The van der Waals surface area contributed by atoms with Crippen LogP contribution in [-0.2, 0) is 14.3 Å². The van der Waals surface area contributed by atoms with Crippen molar-refractivity contribution in [2.75, 3.05) is 55.1 Å². The van der Waals surface area contributed by atoms with Crippen LogP contribution in [0.1, 0.15) is 13.3 Å². The third kappa shape index (κ3) is 5.76. The van der Waals surface area contributed by atoms with Crippen LogP contribution in [0.3, 0.4) is 0 Å². The lowest BCUT2D eigenvalue weighted by molar-refractivity contribution is -0.123. The van der Waals surface area contributed by atoms with E-state index in [0.717, 1.165) is 0 Å². The molecule has 1 aliphatic heterocycles. The normalized spacial score (nSPS) is 12.9. The van der Waals surface area contributed by atoms with Gasteiger partial charge in [-0.25, -0.2) is 4.79 Å². The lowest BCUT2D eigenvalue weighted by Crippen LogP contribution is -2.52. The number of urea groups is 1. The quantitative estimate of drug-likeness (QED) is 0.584. The van der Waals surface area contributed by atoms with Crippen molar-refractivity contribution in [3.05, 3.63) is 48.5 Å². The first-order chi connectivity index (χ1) is 15.5.